The first-order valence-electron chi connectivity index (χ1n) is 11.3. The summed E-state index contributed by atoms with van der Waals surface area (Å²) in [6, 6.07) is 20.7. The SMILES string of the molecule is CN(C)C(=O)CN=C(NCCOc1ccccc1)NC1CCN(Cc2ccccc2)CC1. The lowest BCUT2D eigenvalue weighted by Gasteiger charge is -2.33. The molecule has 0 aromatic heterocycles. The van der Waals surface area contributed by atoms with Gasteiger partial charge in [0.25, 0.3) is 0 Å². The van der Waals surface area contributed by atoms with Crippen LogP contribution in [0.5, 0.6) is 5.75 Å². The summed E-state index contributed by atoms with van der Waals surface area (Å²) in [6.45, 7) is 4.29. The van der Waals surface area contributed by atoms with Crippen molar-refractivity contribution in [2.24, 2.45) is 4.99 Å². The Hall–Kier alpha value is -3.06. The minimum absolute atomic E-state index is 0.0238. The summed E-state index contributed by atoms with van der Waals surface area (Å²) in [5.41, 5.74) is 1.35. The summed E-state index contributed by atoms with van der Waals surface area (Å²) in [7, 11) is 3.49. The van der Waals surface area contributed by atoms with E-state index in [4.69, 9.17) is 4.74 Å². The number of carbonyl (C=O) groups excluding carboxylic acids is 1. The molecule has 2 aromatic rings. The predicted octanol–water partition coefficient (Wildman–Crippen LogP) is 2.35. The van der Waals surface area contributed by atoms with Crippen LogP contribution >= 0.6 is 0 Å². The van der Waals surface area contributed by atoms with E-state index in [1.807, 2.05) is 30.3 Å². The van der Waals surface area contributed by atoms with E-state index in [2.05, 4.69) is 50.9 Å². The third-order valence-electron chi connectivity index (χ3n) is 5.46. The molecule has 1 aliphatic rings. The van der Waals surface area contributed by atoms with Crippen LogP contribution in [0.25, 0.3) is 0 Å². The Labute approximate surface area is 191 Å². The van der Waals surface area contributed by atoms with E-state index in [0.29, 0.717) is 25.2 Å². The number of hydrogen-bond acceptors (Lipinski definition) is 4. The second kappa shape index (κ2) is 12.7. The fourth-order valence-electron chi connectivity index (χ4n) is 3.57. The fraction of sp³-hybridized carbons (Fsp3) is 0.440. The molecule has 3 rings (SSSR count). The maximum Gasteiger partial charge on any atom is 0.243 e. The van der Waals surface area contributed by atoms with Gasteiger partial charge in [0.1, 0.15) is 18.9 Å². The number of likely N-dealkylation sites (N-methyl/N-ethyl adjacent to an activating group) is 1. The minimum atomic E-state index is -0.0238. The number of guanidine groups is 1. The number of rotatable bonds is 9. The molecule has 0 unspecified atom stereocenters. The Morgan fingerprint density at radius 3 is 2.38 bits per heavy atom. The molecule has 2 aromatic carbocycles. The quantitative estimate of drug-likeness (QED) is 0.358. The zero-order valence-corrected chi connectivity index (χ0v) is 19.2. The van der Waals surface area contributed by atoms with Crippen LogP contribution in [0, 0.1) is 0 Å². The zero-order valence-electron chi connectivity index (χ0n) is 19.2. The molecule has 1 heterocycles. The van der Waals surface area contributed by atoms with Gasteiger partial charge in [0.05, 0.1) is 6.54 Å². The molecule has 0 saturated carbocycles. The highest BCUT2D eigenvalue weighted by molar-refractivity contribution is 5.84. The molecule has 7 heteroatoms. The van der Waals surface area contributed by atoms with Crippen LogP contribution in [0.2, 0.25) is 0 Å². The van der Waals surface area contributed by atoms with Crippen molar-refractivity contribution in [2.75, 3.05) is 46.9 Å². The lowest BCUT2D eigenvalue weighted by molar-refractivity contribution is -0.127. The normalized spacial score (nSPS) is 15.2. The molecule has 32 heavy (non-hydrogen) atoms. The van der Waals surface area contributed by atoms with E-state index in [1.54, 1.807) is 19.0 Å². The largest absolute Gasteiger partial charge is 0.492 e. The second-order valence-corrected chi connectivity index (χ2v) is 8.22. The Morgan fingerprint density at radius 1 is 1.06 bits per heavy atom. The number of likely N-dealkylation sites (tertiary alicyclic amines) is 1. The molecule has 172 valence electrons. The van der Waals surface area contributed by atoms with Crippen molar-refractivity contribution in [3.8, 4) is 5.75 Å². The van der Waals surface area contributed by atoms with Gasteiger partial charge < -0.3 is 20.3 Å². The molecular formula is C25H35N5O2. The Balaban J connectivity index is 1.47. The van der Waals surface area contributed by atoms with Gasteiger partial charge in [-0.05, 0) is 30.5 Å². The molecule has 1 saturated heterocycles. The number of benzene rings is 2. The van der Waals surface area contributed by atoms with Crippen molar-refractivity contribution in [2.45, 2.75) is 25.4 Å². The van der Waals surface area contributed by atoms with Crippen molar-refractivity contribution >= 4 is 11.9 Å². The molecule has 1 fully saturated rings. The van der Waals surface area contributed by atoms with Crippen LogP contribution in [0.15, 0.2) is 65.7 Å². The van der Waals surface area contributed by atoms with Gasteiger partial charge in [-0.25, -0.2) is 4.99 Å². The maximum atomic E-state index is 12.0. The maximum absolute atomic E-state index is 12.0. The second-order valence-electron chi connectivity index (χ2n) is 8.22. The molecule has 1 aliphatic heterocycles. The van der Waals surface area contributed by atoms with Gasteiger partial charge in [-0.15, -0.1) is 0 Å². The molecule has 0 bridgehead atoms. The highest BCUT2D eigenvalue weighted by atomic mass is 16.5. The van der Waals surface area contributed by atoms with Gasteiger partial charge in [-0.3, -0.25) is 9.69 Å². The molecule has 0 atom stereocenters. The smallest absolute Gasteiger partial charge is 0.243 e. The first-order valence-corrected chi connectivity index (χ1v) is 11.3. The third kappa shape index (κ3) is 8.23. The molecule has 0 aliphatic carbocycles. The third-order valence-corrected chi connectivity index (χ3v) is 5.46. The van der Waals surface area contributed by atoms with Crippen LogP contribution < -0.4 is 15.4 Å². The number of para-hydroxylation sites is 1. The van der Waals surface area contributed by atoms with Crippen molar-refractivity contribution < 1.29 is 9.53 Å². The molecule has 2 N–H and O–H groups in total. The van der Waals surface area contributed by atoms with Gasteiger partial charge in [0.2, 0.25) is 5.91 Å². The molecule has 0 spiro atoms. The van der Waals surface area contributed by atoms with Crippen LogP contribution in [-0.2, 0) is 11.3 Å². The molecule has 7 nitrogen and oxygen atoms in total. The number of ether oxygens (including phenoxy) is 1. The van der Waals surface area contributed by atoms with E-state index < -0.39 is 0 Å². The van der Waals surface area contributed by atoms with E-state index in [-0.39, 0.29) is 12.5 Å². The van der Waals surface area contributed by atoms with Crippen molar-refractivity contribution in [1.82, 2.24) is 20.4 Å². The summed E-state index contributed by atoms with van der Waals surface area (Å²) in [6.07, 6.45) is 2.07. The van der Waals surface area contributed by atoms with Crippen molar-refractivity contribution in [1.29, 1.82) is 0 Å². The lowest BCUT2D eigenvalue weighted by atomic mass is 10.0. The summed E-state index contributed by atoms with van der Waals surface area (Å²) in [5, 5.41) is 6.83. The Morgan fingerprint density at radius 2 is 1.72 bits per heavy atom. The summed E-state index contributed by atoms with van der Waals surface area (Å²) < 4.78 is 5.75. The summed E-state index contributed by atoms with van der Waals surface area (Å²) >= 11 is 0. The molecular weight excluding hydrogens is 402 g/mol. The van der Waals surface area contributed by atoms with Crippen LogP contribution in [-0.4, -0.2) is 74.6 Å². The van der Waals surface area contributed by atoms with E-state index in [0.717, 1.165) is 38.2 Å². The first-order chi connectivity index (χ1) is 15.6. The van der Waals surface area contributed by atoms with Crippen LogP contribution in [0.1, 0.15) is 18.4 Å². The lowest BCUT2D eigenvalue weighted by Crippen LogP contribution is -2.49. The highest BCUT2D eigenvalue weighted by Crippen LogP contribution is 2.14. The van der Waals surface area contributed by atoms with Crippen molar-refractivity contribution in [3.63, 3.8) is 0 Å². The predicted molar refractivity (Wildman–Crippen MR) is 129 cm³/mol. The van der Waals surface area contributed by atoms with Gasteiger partial charge in [-0.1, -0.05) is 48.5 Å². The number of amides is 1. The number of piperidine rings is 1. The number of nitrogens with one attached hydrogen (secondary N) is 2. The van der Waals surface area contributed by atoms with E-state index >= 15 is 0 Å². The van der Waals surface area contributed by atoms with Gasteiger partial charge >= 0.3 is 0 Å². The average molecular weight is 438 g/mol. The minimum Gasteiger partial charge on any atom is -0.492 e. The topological polar surface area (TPSA) is 69.2 Å². The zero-order chi connectivity index (χ0) is 22.6. The Bertz CT molecular complexity index is 834. The van der Waals surface area contributed by atoms with Gasteiger partial charge in [0, 0.05) is 39.8 Å². The molecule has 0 radical (unpaired) electrons. The monoisotopic (exact) mass is 437 g/mol. The van der Waals surface area contributed by atoms with Crippen LogP contribution in [0.4, 0.5) is 0 Å². The van der Waals surface area contributed by atoms with Gasteiger partial charge in [0.15, 0.2) is 5.96 Å². The standard InChI is InChI=1S/C25H35N5O2/c1-29(2)24(31)19-27-25(26-15-18-32-23-11-7-4-8-12-23)28-22-13-16-30(17-14-22)20-21-9-5-3-6-10-21/h3-12,22H,13-20H2,1-2H3,(H2,26,27,28). The van der Waals surface area contributed by atoms with Crippen LogP contribution in [0.3, 0.4) is 0 Å². The number of nitrogens with zero attached hydrogens (tertiary/aromatic N) is 3. The Kier molecular flexibility index (Phi) is 9.37. The van der Waals surface area contributed by atoms with E-state index in [1.165, 1.54) is 5.56 Å². The van der Waals surface area contributed by atoms with Crippen molar-refractivity contribution in [3.05, 3.63) is 66.2 Å². The van der Waals surface area contributed by atoms with E-state index in [9.17, 15) is 4.79 Å². The van der Waals surface area contributed by atoms with Gasteiger partial charge in [-0.2, -0.15) is 0 Å². The first kappa shape index (κ1) is 23.6. The molecule has 1 amide bonds. The number of hydrogen-bond donors (Lipinski definition) is 2. The number of carbonyl (C=O) groups is 1. The average Bonchev–Trinajstić information content (AvgIpc) is 2.82. The number of aliphatic imine (C=N–C) groups is 1. The highest BCUT2D eigenvalue weighted by Gasteiger charge is 2.20. The fourth-order valence-corrected chi connectivity index (χ4v) is 3.57. The summed E-state index contributed by atoms with van der Waals surface area (Å²) in [5.74, 6) is 1.48. The summed E-state index contributed by atoms with van der Waals surface area (Å²) in [4.78, 5) is 20.6.